The van der Waals surface area contributed by atoms with Crippen LogP contribution < -0.4 is 0 Å². The van der Waals surface area contributed by atoms with Crippen LogP contribution in [0.1, 0.15) is 53.8 Å². The Labute approximate surface area is 125 Å². The van der Waals surface area contributed by atoms with Gasteiger partial charge in [0.05, 0.1) is 17.0 Å². The highest BCUT2D eigenvalue weighted by Crippen LogP contribution is 2.24. The molecule has 0 bridgehead atoms. The zero-order valence-electron chi connectivity index (χ0n) is 12.2. The fourth-order valence-electron chi connectivity index (χ4n) is 2.85. The Bertz CT molecular complexity index is 472. The molecule has 0 unspecified atom stereocenters. The van der Waals surface area contributed by atoms with Crippen molar-refractivity contribution in [2.75, 3.05) is 12.4 Å². The second kappa shape index (κ2) is 7.02. The molecule has 0 radical (unpaired) electrons. The summed E-state index contributed by atoms with van der Waals surface area (Å²) in [6.45, 7) is 4.29. The Balaban J connectivity index is 2.23. The molecule has 5 heteroatoms. The van der Waals surface area contributed by atoms with E-state index in [1.165, 1.54) is 19.3 Å². The van der Waals surface area contributed by atoms with Gasteiger partial charge >= 0.3 is 0 Å². The van der Waals surface area contributed by atoms with Gasteiger partial charge in [0.1, 0.15) is 0 Å². The maximum absolute atomic E-state index is 12.8. The summed E-state index contributed by atoms with van der Waals surface area (Å²) in [6.07, 6.45) is 5.83. The molecule has 1 saturated carbocycles. The summed E-state index contributed by atoms with van der Waals surface area (Å²) in [7, 11) is 0. The lowest BCUT2D eigenvalue weighted by Gasteiger charge is -2.34. The lowest BCUT2D eigenvalue weighted by molar-refractivity contribution is 0.0648. The standard InChI is InChI=1S/C15H22ClN3O/c1-11-10-14(12(2)18-17-11)15(20)19(9-8-16)13-6-4-3-5-7-13/h10,13H,3-9H2,1-2H3. The van der Waals surface area contributed by atoms with Gasteiger partial charge in [0.25, 0.3) is 5.91 Å². The van der Waals surface area contributed by atoms with E-state index in [0.29, 0.717) is 29.7 Å². The average molecular weight is 296 g/mol. The number of aryl methyl sites for hydroxylation is 2. The molecule has 1 amide bonds. The third kappa shape index (κ3) is 3.48. The Kier molecular flexibility index (Phi) is 5.35. The van der Waals surface area contributed by atoms with Crippen molar-refractivity contribution in [3.05, 3.63) is 23.0 Å². The first kappa shape index (κ1) is 15.2. The van der Waals surface area contributed by atoms with Crippen molar-refractivity contribution >= 4 is 17.5 Å². The number of amides is 1. The summed E-state index contributed by atoms with van der Waals surface area (Å²) >= 11 is 5.90. The molecule has 1 aromatic rings. The molecular weight excluding hydrogens is 274 g/mol. The normalized spacial score (nSPS) is 16.1. The first-order valence-electron chi connectivity index (χ1n) is 7.31. The Hall–Kier alpha value is -1.16. The van der Waals surface area contributed by atoms with Gasteiger partial charge in [-0.2, -0.15) is 10.2 Å². The van der Waals surface area contributed by atoms with Gasteiger partial charge in [-0.3, -0.25) is 4.79 Å². The van der Waals surface area contributed by atoms with Crippen molar-refractivity contribution in [1.82, 2.24) is 15.1 Å². The quantitative estimate of drug-likeness (QED) is 0.802. The summed E-state index contributed by atoms with van der Waals surface area (Å²) in [5, 5.41) is 8.05. The maximum Gasteiger partial charge on any atom is 0.256 e. The fourth-order valence-corrected chi connectivity index (χ4v) is 3.04. The number of hydrogen-bond acceptors (Lipinski definition) is 3. The molecular formula is C15H22ClN3O. The van der Waals surface area contributed by atoms with Gasteiger partial charge in [0, 0.05) is 18.5 Å². The van der Waals surface area contributed by atoms with Crippen molar-refractivity contribution < 1.29 is 4.79 Å². The summed E-state index contributed by atoms with van der Waals surface area (Å²) < 4.78 is 0. The lowest BCUT2D eigenvalue weighted by Crippen LogP contribution is -2.43. The summed E-state index contributed by atoms with van der Waals surface area (Å²) in [5.74, 6) is 0.520. The Morgan fingerprint density at radius 1 is 1.30 bits per heavy atom. The van der Waals surface area contributed by atoms with E-state index in [9.17, 15) is 4.79 Å². The molecule has 0 aliphatic heterocycles. The monoisotopic (exact) mass is 295 g/mol. The number of carbonyl (C=O) groups excluding carboxylic acids is 1. The third-order valence-corrected chi connectivity index (χ3v) is 4.10. The summed E-state index contributed by atoms with van der Waals surface area (Å²) in [4.78, 5) is 14.7. The maximum atomic E-state index is 12.8. The molecule has 0 N–H and O–H groups in total. The van der Waals surface area contributed by atoms with Crippen molar-refractivity contribution in [3.8, 4) is 0 Å². The number of hydrogen-bond donors (Lipinski definition) is 0. The van der Waals surface area contributed by atoms with Crippen molar-refractivity contribution in [1.29, 1.82) is 0 Å². The number of nitrogens with zero attached hydrogens (tertiary/aromatic N) is 3. The molecule has 0 spiro atoms. The molecule has 0 aromatic carbocycles. The van der Waals surface area contributed by atoms with Crippen molar-refractivity contribution in [3.63, 3.8) is 0 Å². The van der Waals surface area contributed by atoms with Gasteiger partial charge in [0.2, 0.25) is 0 Å². The van der Waals surface area contributed by atoms with Gasteiger partial charge in [-0.05, 0) is 32.8 Å². The number of rotatable bonds is 4. The third-order valence-electron chi connectivity index (χ3n) is 3.93. The van der Waals surface area contributed by atoms with Crippen LogP contribution in [0.3, 0.4) is 0 Å². The number of alkyl halides is 1. The zero-order chi connectivity index (χ0) is 14.5. The van der Waals surface area contributed by atoms with Crippen LogP contribution in [0.4, 0.5) is 0 Å². The summed E-state index contributed by atoms with van der Waals surface area (Å²) in [5.41, 5.74) is 2.12. The Morgan fingerprint density at radius 3 is 2.65 bits per heavy atom. The van der Waals surface area contributed by atoms with Crippen LogP contribution in [0, 0.1) is 13.8 Å². The van der Waals surface area contributed by atoms with Gasteiger partial charge < -0.3 is 4.90 Å². The van der Waals surface area contributed by atoms with Crippen LogP contribution in [0.5, 0.6) is 0 Å². The van der Waals surface area contributed by atoms with E-state index in [1.807, 2.05) is 24.8 Å². The Morgan fingerprint density at radius 2 is 2.00 bits per heavy atom. The highest BCUT2D eigenvalue weighted by atomic mass is 35.5. The van der Waals surface area contributed by atoms with Crippen molar-refractivity contribution in [2.24, 2.45) is 0 Å². The van der Waals surface area contributed by atoms with Crippen LogP contribution in [0.2, 0.25) is 0 Å². The minimum atomic E-state index is 0.0491. The van der Waals surface area contributed by atoms with E-state index in [4.69, 9.17) is 11.6 Å². The molecule has 0 saturated heterocycles. The van der Waals surface area contributed by atoms with E-state index in [1.54, 1.807) is 0 Å². The minimum Gasteiger partial charge on any atom is -0.334 e. The molecule has 20 heavy (non-hydrogen) atoms. The first-order valence-corrected chi connectivity index (χ1v) is 7.85. The predicted octanol–water partition coefficient (Wildman–Crippen LogP) is 3.11. The van der Waals surface area contributed by atoms with Crippen LogP contribution >= 0.6 is 11.6 Å². The fraction of sp³-hybridized carbons (Fsp3) is 0.667. The van der Waals surface area contributed by atoms with Gasteiger partial charge in [-0.1, -0.05) is 19.3 Å². The van der Waals surface area contributed by atoms with Crippen LogP contribution in [-0.2, 0) is 0 Å². The van der Waals surface area contributed by atoms with Gasteiger partial charge in [-0.25, -0.2) is 0 Å². The molecule has 110 valence electrons. The van der Waals surface area contributed by atoms with E-state index in [2.05, 4.69) is 10.2 Å². The smallest absolute Gasteiger partial charge is 0.256 e. The molecule has 1 aliphatic carbocycles. The van der Waals surface area contributed by atoms with Gasteiger partial charge in [-0.15, -0.1) is 11.6 Å². The second-order valence-electron chi connectivity index (χ2n) is 5.46. The predicted molar refractivity (Wildman–Crippen MR) is 80.1 cm³/mol. The van der Waals surface area contributed by atoms with E-state index < -0.39 is 0 Å². The van der Waals surface area contributed by atoms with E-state index in [0.717, 1.165) is 18.5 Å². The van der Waals surface area contributed by atoms with E-state index in [-0.39, 0.29) is 5.91 Å². The van der Waals surface area contributed by atoms with E-state index >= 15 is 0 Å². The van der Waals surface area contributed by atoms with Crippen LogP contribution in [0.25, 0.3) is 0 Å². The molecule has 1 heterocycles. The highest BCUT2D eigenvalue weighted by molar-refractivity contribution is 6.18. The highest BCUT2D eigenvalue weighted by Gasteiger charge is 2.27. The van der Waals surface area contributed by atoms with Crippen LogP contribution in [-0.4, -0.2) is 39.5 Å². The average Bonchev–Trinajstić information content (AvgIpc) is 2.47. The lowest BCUT2D eigenvalue weighted by atomic mass is 9.93. The molecule has 0 atom stereocenters. The molecule has 1 aliphatic rings. The van der Waals surface area contributed by atoms with Crippen molar-refractivity contribution in [2.45, 2.75) is 52.0 Å². The van der Waals surface area contributed by atoms with Gasteiger partial charge in [0.15, 0.2) is 0 Å². The molecule has 4 nitrogen and oxygen atoms in total. The zero-order valence-corrected chi connectivity index (χ0v) is 13.0. The number of aromatic nitrogens is 2. The first-order chi connectivity index (χ1) is 9.63. The topological polar surface area (TPSA) is 46.1 Å². The summed E-state index contributed by atoms with van der Waals surface area (Å²) in [6, 6.07) is 2.15. The molecule has 2 rings (SSSR count). The SMILES string of the molecule is Cc1cc(C(=O)N(CCCl)C2CCCCC2)c(C)nn1. The molecule has 1 aromatic heterocycles. The number of halogens is 1. The largest absolute Gasteiger partial charge is 0.334 e. The van der Waals surface area contributed by atoms with Crippen LogP contribution in [0.15, 0.2) is 6.07 Å². The molecule has 1 fully saturated rings. The number of carbonyl (C=O) groups is 1. The second-order valence-corrected chi connectivity index (χ2v) is 5.84. The minimum absolute atomic E-state index is 0.0491.